The van der Waals surface area contributed by atoms with Gasteiger partial charge in [-0.15, -0.1) is 0 Å². The third-order valence-electron chi connectivity index (χ3n) is 3.91. The summed E-state index contributed by atoms with van der Waals surface area (Å²) in [4.78, 5) is 29.4. The van der Waals surface area contributed by atoms with Crippen LogP contribution in [-0.4, -0.2) is 19.0 Å². The number of hydrogen-bond acceptors (Lipinski definition) is 6. The summed E-state index contributed by atoms with van der Waals surface area (Å²) in [5.41, 5.74) is 1.13. The van der Waals surface area contributed by atoms with Crippen LogP contribution in [0.4, 0.5) is 5.69 Å². The summed E-state index contributed by atoms with van der Waals surface area (Å²) < 4.78 is 10.9. The molecular formula is C21H20N2O5. The second-order valence-corrected chi connectivity index (χ2v) is 5.99. The van der Waals surface area contributed by atoms with Gasteiger partial charge in [0, 0.05) is 23.6 Å². The van der Waals surface area contributed by atoms with Gasteiger partial charge in [0.05, 0.1) is 7.11 Å². The molecule has 0 aliphatic heterocycles. The number of nitrogens with one attached hydrogen (secondary N) is 1. The molecule has 3 aromatic rings. The van der Waals surface area contributed by atoms with Crippen LogP contribution in [-0.2, 0) is 9.63 Å². The fourth-order valence-corrected chi connectivity index (χ4v) is 2.54. The number of carbonyl (C=O) groups excluding carboxylic acids is 2. The molecular weight excluding hydrogens is 360 g/mol. The first kappa shape index (κ1) is 19.2. The molecule has 0 fully saturated rings. The summed E-state index contributed by atoms with van der Waals surface area (Å²) in [7, 11) is 1.55. The number of anilines is 1. The van der Waals surface area contributed by atoms with Gasteiger partial charge in [0.1, 0.15) is 16.9 Å². The fourth-order valence-electron chi connectivity index (χ4n) is 2.54. The van der Waals surface area contributed by atoms with Crippen LogP contribution in [0.15, 0.2) is 64.2 Å². The Labute approximate surface area is 161 Å². The molecule has 0 atom stereocenters. The van der Waals surface area contributed by atoms with Crippen LogP contribution < -0.4 is 15.6 Å². The van der Waals surface area contributed by atoms with Gasteiger partial charge in [0.15, 0.2) is 0 Å². The van der Waals surface area contributed by atoms with Gasteiger partial charge >= 0.3 is 5.97 Å². The van der Waals surface area contributed by atoms with E-state index in [1.807, 2.05) is 19.1 Å². The van der Waals surface area contributed by atoms with Crippen LogP contribution in [0.3, 0.4) is 0 Å². The number of nitrogens with zero attached hydrogens (tertiary/aromatic N) is 1. The van der Waals surface area contributed by atoms with Crippen LogP contribution in [0.5, 0.6) is 5.75 Å². The molecule has 0 radical (unpaired) electrons. The zero-order valence-electron chi connectivity index (χ0n) is 15.6. The second kappa shape index (κ2) is 8.85. The van der Waals surface area contributed by atoms with Gasteiger partial charge in [-0.3, -0.25) is 4.79 Å². The smallest absolute Gasteiger partial charge is 0.335 e. The highest BCUT2D eigenvalue weighted by Crippen LogP contribution is 2.18. The number of para-hydroxylation sites is 1. The lowest BCUT2D eigenvalue weighted by molar-refractivity contribution is -0.144. The zero-order valence-corrected chi connectivity index (χ0v) is 15.6. The van der Waals surface area contributed by atoms with Gasteiger partial charge in [-0.25, -0.2) is 4.79 Å². The number of ether oxygens (including phenoxy) is 1. The van der Waals surface area contributed by atoms with Crippen molar-refractivity contribution in [3.63, 3.8) is 0 Å². The molecule has 3 rings (SSSR count). The van der Waals surface area contributed by atoms with E-state index in [1.165, 1.54) is 0 Å². The van der Waals surface area contributed by atoms with E-state index >= 15 is 0 Å². The Morgan fingerprint density at radius 3 is 2.71 bits per heavy atom. The van der Waals surface area contributed by atoms with Crippen LogP contribution in [0, 0.1) is 0 Å². The molecule has 1 N–H and O–H groups in total. The molecule has 28 heavy (non-hydrogen) atoms. The normalized spacial score (nSPS) is 11.3. The summed E-state index contributed by atoms with van der Waals surface area (Å²) in [6.07, 6.45) is 0.856. The molecule has 0 unspecified atom stereocenters. The maximum absolute atomic E-state index is 12.8. The molecule has 0 bridgehead atoms. The van der Waals surface area contributed by atoms with Crippen molar-refractivity contribution in [2.75, 3.05) is 12.4 Å². The maximum atomic E-state index is 12.8. The van der Waals surface area contributed by atoms with E-state index in [2.05, 4.69) is 10.5 Å². The van der Waals surface area contributed by atoms with E-state index in [9.17, 15) is 9.59 Å². The van der Waals surface area contributed by atoms with Crippen LogP contribution in [0.1, 0.15) is 30.1 Å². The maximum Gasteiger partial charge on any atom is 0.335 e. The summed E-state index contributed by atoms with van der Waals surface area (Å²) in [5, 5.41) is 7.26. The first-order valence-corrected chi connectivity index (χ1v) is 8.83. The highest BCUT2D eigenvalue weighted by Gasteiger charge is 2.14. The van der Waals surface area contributed by atoms with Crippen molar-refractivity contribution in [1.82, 2.24) is 0 Å². The highest BCUT2D eigenvalue weighted by atomic mass is 16.7. The summed E-state index contributed by atoms with van der Waals surface area (Å²) >= 11 is 0. The largest absolute Gasteiger partial charge is 0.497 e. The second-order valence-electron chi connectivity index (χ2n) is 5.99. The van der Waals surface area contributed by atoms with Gasteiger partial charge in [-0.1, -0.05) is 31.2 Å². The number of methoxy groups -OCH3 is 1. The Kier molecular flexibility index (Phi) is 6.06. The average Bonchev–Trinajstić information content (AvgIpc) is 2.71. The quantitative estimate of drug-likeness (QED) is 0.518. The minimum atomic E-state index is -0.495. The first-order chi connectivity index (χ1) is 13.6. The van der Waals surface area contributed by atoms with E-state index in [1.54, 1.807) is 49.6 Å². The van der Waals surface area contributed by atoms with Crippen LogP contribution >= 0.6 is 0 Å². The molecule has 7 nitrogen and oxygen atoms in total. The highest BCUT2D eigenvalue weighted by molar-refractivity contribution is 6.05. The molecule has 144 valence electrons. The number of amides is 1. The van der Waals surface area contributed by atoms with E-state index in [-0.39, 0.29) is 17.5 Å². The molecule has 0 saturated carbocycles. The third kappa shape index (κ3) is 4.56. The topological polar surface area (TPSA) is 90.1 Å². The lowest BCUT2D eigenvalue weighted by Crippen LogP contribution is -2.22. The van der Waals surface area contributed by atoms with Crippen molar-refractivity contribution in [2.45, 2.75) is 19.8 Å². The van der Waals surface area contributed by atoms with Gasteiger partial charge in [0.2, 0.25) is 0 Å². The number of hydrogen-bond donors (Lipinski definition) is 1. The zero-order chi connectivity index (χ0) is 19.9. The fraction of sp³-hybridized carbons (Fsp3) is 0.190. The Morgan fingerprint density at radius 1 is 1.11 bits per heavy atom. The number of benzene rings is 2. The number of rotatable bonds is 6. The predicted molar refractivity (Wildman–Crippen MR) is 104 cm³/mol. The molecule has 0 spiro atoms. The Morgan fingerprint density at radius 2 is 1.93 bits per heavy atom. The minimum Gasteiger partial charge on any atom is -0.497 e. The molecule has 0 aliphatic carbocycles. The van der Waals surface area contributed by atoms with Crippen LogP contribution in [0.25, 0.3) is 11.0 Å². The molecule has 1 amide bonds. The van der Waals surface area contributed by atoms with Gasteiger partial charge in [0.25, 0.3) is 11.5 Å². The molecule has 0 aliphatic rings. The number of fused-ring (bicyclic) bond motifs is 1. The summed E-state index contributed by atoms with van der Waals surface area (Å²) in [5.74, 6) is -0.336. The molecule has 0 saturated heterocycles. The lowest BCUT2D eigenvalue weighted by atomic mass is 10.1. The van der Waals surface area contributed by atoms with E-state index in [0.717, 1.165) is 5.39 Å². The van der Waals surface area contributed by atoms with Gasteiger partial charge in [-0.05, 0) is 35.8 Å². The van der Waals surface area contributed by atoms with Crippen molar-refractivity contribution in [2.24, 2.45) is 5.16 Å². The minimum absolute atomic E-state index is 0.0800. The molecule has 1 heterocycles. The van der Waals surface area contributed by atoms with Gasteiger partial charge in [-0.2, -0.15) is 0 Å². The standard InChI is InChI=1S/C21H20N2O5/c1-3-7-19(24)28-23-21-17(12-14-8-4-5-11-18(14)27-21)20(25)22-15-9-6-10-16(13-15)26-2/h4-6,8-13H,3,7H2,1-2H3,(H,22,25)/b23-21+. The molecule has 2 aromatic carbocycles. The Bertz CT molecular complexity index is 1070. The van der Waals surface area contributed by atoms with Crippen molar-refractivity contribution in [3.05, 3.63) is 65.7 Å². The van der Waals surface area contributed by atoms with Crippen molar-refractivity contribution in [3.8, 4) is 5.75 Å². The lowest BCUT2D eigenvalue weighted by Gasteiger charge is -2.08. The van der Waals surface area contributed by atoms with Crippen molar-refractivity contribution < 1.29 is 23.6 Å². The third-order valence-corrected chi connectivity index (χ3v) is 3.91. The Balaban J connectivity index is 1.99. The van der Waals surface area contributed by atoms with Gasteiger partial charge < -0.3 is 19.3 Å². The predicted octanol–water partition coefficient (Wildman–Crippen LogP) is 3.85. The summed E-state index contributed by atoms with van der Waals surface area (Å²) in [6.45, 7) is 1.86. The molecule has 1 aromatic heterocycles. The van der Waals surface area contributed by atoms with Crippen molar-refractivity contribution >= 4 is 28.5 Å². The summed E-state index contributed by atoms with van der Waals surface area (Å²) in [6, 6.07) is 15.8. The SMILES string of the molecule is CCCC(=O)O/N=c1/oc2ccccc2cc1C(=O)Nc1cccc(OC)c1. The van der Waals surface area contributed by atoms with Crippen molar-refractivity contribution in [1.29, 1.82) is 0 Å². The first-order valence-electron chi connectivity index (χ1n) is 8.83. The van der Waals surface area contributed by atoms with Crippen LogP contribution in [0.2, 0.25) is 0 Å². The number of carbonyl (C=O) groups is 2. The van der Waals surface area contributed by atoms with E-state index < -0.39 is 11.9 Å². The molecule has 7 heteroatoms. The average molecular weight is 380 g/mol. The van der Waals surface area contributed by atoms with E-state index in [4.69, 9.17) is 14.0 Å². The van der Waals surface area contributed by atoms with E-state index in [0.29, 0.717) is 23.4 Å². The monoisotopic (exact) mass is 380 g/mol. The Hall–Kier alpha value is -3.61.